The van der Waals surface area contributed by atoms with Gasteiger partial charge in [-0.2, -0.15) is 0 Å². The summed E-state index contributed by atoms with van der Waals surface area (Å²) in [5.41, 5.74) is 2.86. The number of rotatable bonds is 14. The number of benzene rings is 2. The molecule has 2 nitrogen and oxygen atoms in total. The van der Waals surface area contributed by atoms with Crippen LogP contribution in [0.3, 0.4) is 0 Å². The Labute approximate surface area is 427 Å². The van der Waals surface area contributed by atoms with Gasteiger partial charge in [-0.05, 0) is 152 Å². The van der Waals surface area contributed by atoms with Gasteiger partial charge in [0.1, 0.15) is 0 Å². The van der Waals surface area contributed by atoms with Gasteiger partial charge in [0.05, 0.1) is 13.2 Å². The van der Waals surface area contributed by atoms with Crippen molar-refractivity contribution in [3.05, 3.63) is 71.8 Å². The molecule has 4 aliphatic carbocycles. The first-order valence-corrected chi connectivity index (χ1v) is 29.6. The van der Waals surface area contributed by atoms with Gasteiger partial charge in [-0.3, -0.25) is 0 Å². The molecule has 2 aromatic carbocycles. The van der Waals surface area contributed by atoms with Crippen LogP contribution in [0.4, 0.5) is 0 Å². The molecule has 0 amide bonds. The maximum absolute atomic E-state index is 5.28. The topological polar surface area (TPSA) is 18.5 Å². The van der Waals surface area contributed by atoms with Crippen LogP contribution < -0.4 is 0 Å². The summed E-state index contributed by atoms with van der Waals surface area (Å²) in [5.74, 6) is 13.1. The zero-order valence-electron chi connectivity index (χ0n) is 48.6. The molecule has 0 radical (unpaired) electrons. The van der Waals surface area contributed by atoms with Crippen molar-refractivity contribution in [3.63, 3.8) is 0 Å². The fraction of sp³-hybridized carbons (Fsp3) is 0.818. The molecule has 68 heavy (non-hydrogen) atoms. The molecule has 4 saturated carbocycles. The molecule has 6 aliphatic rings. The second-order valence-electron chi connectivity index (χ2n) is 25.6. The molecule has 0 atom stereocenters. The van der Waals surface area contributed by atoms with Crippen LogP contribution in [-0.4, -0.2) is 26.4 Å². The summed E-state index contributed by atoms with van der Waals surface area (Å²) in [5, 5.41) is 0. The predicted molar refractivity (Wildman–Crippen MR) is 305 cm³/mol. The van der Waals surface area contributed by atoms with Crippen molar-refractivity contribution in [1.29, 1.82) is 0 Å². The fourth-order valence-electron chi connectivity index (χ4n) is 9.93. The van der Waals surface area contributed by atoms with E-state index in [1.807, 2.05) is 6.07 Å². The average molecular weight is 946 g/mol. The molecule has 0 bridgehead atoms. The molecule has 6 fully saturated rings. The van der Waals surface area contributed by atoms with E-state index in [4.69, 9.17) is 9.47 Å². The standard InChI is InChI=1S/C10H20.C10H14.C9H18O.C9H12.C8H16.C7H14O.C7H14.C6H12/c2*1-9(2)8-10-6-4-3-5-7-10;1-8(2)7-9-3-5-10-6-4-9;1-8(2)9-6-4-3-5-7-9;1-7(2)6-8-4-3-5-8;1-6(2)3-7-4-8-5-7;1-6(2)5-7-3-4-7;1-5(2)6-3-4-6/h9-10H,3-8H2,1-2H3;3-7,9H,8H2,1-2H3;8-9H,3-7H2,1-2H3;3-8H,1-2H3;7-8H,3-6H2,1-2H3;6-7H,3-5H2,1-2H3;6-7H,3-5H2,1-2H3;5-6H,3-4H2,1-2H3. The molecule has 8 rings (SSSR count). The molecule has 0 unspecified atom stereocenters. The van der Waals surface area contributed by atoms with Crippen LogP contribution in [0.1, 0.15) is 250 Å². The predicted octanol–water partition coefficient (Wildman–Crippen LogP) is 20.8. The van der Waals surface area contributed by atoms with Crippen LogP contribution in [0.2, 0.25) is 0 Å². The van der Waals surface area contributed by atoms with E-state index in [1.54, 1.807) is 0 Å². The first-order valence-electron chi connectivity index (χ1n) is 29.6. The highest BCUT2D eigenvalue weighted by atomic mass is 16.5. The van der Waals surface area contributed by atoms with Crippen molar-refractivity contribution in [2.24, 2.45) is 76.9 Å². The molecule has 2 saturated heterocycles. The summed E-state index contributed by atoms with van der Waals surface area (Å²) in [6.07, 6.45) is 29.0. The lowest BCUT2D eigenvalue weighted by molar-refractivity contribution is -0.0406. The normalized spacial score (nSPS) is 18.5. The fourth-order valence-corrected chi connectivity index (χ4v) is 9.93. The van der Waals surface area contributed by atoms with Crippen LogP contribution in [0, 0.1) is 76.9 Å². The third kappa shape index (κ3) is 40.0. The Morgan fingerprint density at radius 2 is 0.750 bits per heavy atom. The Balaban J connectivity index is 0.000000390. The Bertz CT molecular complexity index is 1290. The van der Waals surface area contributed by atoms with E-state index in [2.05, 4.69) is 165 Å². The first kappa shape index (κ1) is 64.4. The van der Waals surface area contributed by atoms with E-state index in [0.717, 1.165) is 103 Å². The third-order valence-electron chi connectivity index (χ3n) is 14.2. The lowest BCUT2D eigenvalue weighted by Gasteiger charge is -2.27. The van der Waals surface area contributed by atoms with Crippen LogP contribution in [0.15, 0.2) is 60.7 Å². The number of hydrogen-bond acceptors (Lipinski definition) is 2. The molecule has 2 heteroatoms. The van der Waals surface area contributed by atoms with E-state index >= 15 is 0 Å². The first-order chi connectivity index (χ1) is 32.3. The van der Waals surface area contributed by atoms with Crippen LogP contribution in [0.25, 0.3) is 0 Å². The Hall–Kier alpha value is -1.64. The van der Waals surface area contributed by atoms with Gasteiger partial charge in [0.25, 0.3) is 0 Å². The van der Waals surface area contributed by atoms with Crippen molar-refractivity contribution in [1.82, 2.24) is 0 Å². The SMILES string of the molecule is CC(C)C1CC1.CC(C)CC1CC1.CC(C)CC1CCC1.CC(C)CC1CCCCC1.CC(C)CC1CCOCC1.CC(C)CC1COC1.CC(C)Cc1ccccc1.CC(C)c1ccccc1. The maximum atomic E-state index is 5.28. The van der Waals surface area contributed by atoms with Gasteiger partial charge in [0.2, 0.25) is 0 Å². The van der Waals surface area contributed by atoms with E-state index in [-0.39, 0.29) is 0 Å². The van der Waals surface area contributed by atoms with Crippen LogP contribution in [-0.2, 0) is 15.9 Å². The van der Waals surface area contributed by atoms with Gasteiger partial charge in [-0.1, -0.05) is 236 Å². The summed E-state index contributed by atoms with van der Waals surface area (Å²) in [4.78, 5) is 0. The van der Waals surface area contributed by atoms with Crippen molar-refractivity contribution in [2.75, 3.05) is 26.4 Å². The third-order valence-corrected chi connectivity index (χ3v) is 14.2. The smallest absolute Gasteiger partial charge is 0.0516 e. The van der Waals surface area contributed by atoms with E-state index in [0.29, 0.717) is 5.92 Å². The molecule has 2 aliphatic heterocycles. The Kier molecular flexibility index (Phi) is 37.8. The van der Waals surface area contributed by atoms with Gasteiger partial charge in [0, 0.05) is 19.1 Å². The molecular formula is C66H120O2. The Morgan fingerprint density at radius 1 is 0.368 bits per heavy atom. The van der Waals surface area contributed by atoms with E-state index in [1.165, 1.54) is 140 Å². The lowest BCUT2D eigenvalue weighted by atomic mass is 9.80. The quantitative estimate of drug-likeness (QED) is 0.188. The molecule has 396 valence electrons. The number of hydrogen-bond donors (Lipinski definition) is 0. The summed E-state index contributed by atoms with van der Waals surface area (Å²) < 4.78 is 10.3. The highest BCUT2D eigenvalue weighted by Crippen LogP contribution is 2.36. The second kappa shape index (κ2) is 39.9. The van der Waals surface area contributed by atoms with Crippen LogP contribution in [0.5, 0.6) is 0 Å². The van der Waals surface area contributed by atoms with Crippen molar-refractivity contribution in [2.45, 2.75) is 245 Å². The summed E-state index contributed by atoms with van der Waals surface area (Å²) in [6.45, 7) is 40.6. The molecule has 0 spiro atoms. The summed E-state index contributed by atoms with van der Waals surface area (Å²) >= 11 is 0. The minimum Gasteiger partial charge on any atom is -0.381 e. The monoisotopic (exact) mass is 945 g/mol. The van der Waals surface area contributed by atoms with Gasteiger partial charge in [-0.15, -0.1) is 0 Å². The maximum Gasteiger partial charge on any atom is 0.0516 e. The van der Waals surface area contributed by atoms with E-state index in [9.17, 15) is 0 Å². The molecular weight excluding hydrogens is 825 g/mol. The van der Waals surface area contributed by atoms with Crippen LogP contribution >= 0.6 is 0 Å². The van der Waals surface area contributed by atoms with E-state index < -0.39 is 0 Å². The number of ether oxygens (including phenoxy) is 2. The highest BCUT2D eigenvalue weighted by molar-refractivity contribution is 5.17. The Morgan fingerprint density at radius 3 is 1.01 bits per heavy atom. The molecule has 0 aromatic heterocycles. The molecule has 2 heterocycles. The lowest BCUT2D eigenvalue weighted by Crippen LogP contribution is -2.28. The van der Waals surface area contributed by atoms with Gasteiger partial charge in [-0.25, -0.2) is 0 Å². The molecule has 0 N–H and O–H groups in total. The zero-order valence-corrected chi connectivity index (χ0v) is 48.6. The minimum atomic E-state index is 0.659. The minimum absolute atomic E-state index is 0.659. The van der Waals surface area contributed by atoms with Gasteiger partial charge >= 0.3 is 0 Å². The van der Waals surface area contributed by atoms with Gasteiger partial charge in [0.15, 0.2) is 0 Å². The van der Waals surface area contributed by atoms with Crippen molar-refractivity contribution >= 4 is 0 Å². The molecule has 2 aromatic rings. The van der Waals surface area contributed by atoms with Crippen molar-refractivity contribution < 1.29 is 9.47 Å². The zero-order chi connectivity index (χ0) is 50.7. The largest absolute Gasteiger partial charge is 0.381 e. The average Bonchev–Trinajstić information content (AvgIpc) is 4.20. The van der Waals surface area contributed by atoms with Crippen molar-refractivity contribution in [3.8, 4) is 0 Å². The summed E-state index contributed by atoms with van der Waals surface area (Å²) in [7, 11) is 0. The highest BCUT2D eigenvalue weighted by Gasteiger charge is 2.24. The summed E-state index contributed by atoms with van der Waals surface area (Å²) in [6, 6.07) is 21.1. The van der Waals surface area contributed by atoms with Gasteiger partial charge < -0.3 is 9.47 Å². The second-order valence-corrected chi connectivity index (χ2v) is 25.6.